The average molecular weight is 171 g/mol. The van der Waals surface area contributed by atoms with Crippen molar-refractivity contribution in [1.29, 1.82) is 0 Å². The normalized spacial score (nSPS) is 33.2. The summed E-state index contributed by atoms with van der Waals surface area (Å²) < 4.78 is 5.60. The largest absolute Gasteiger partial charge is 0.390 e. The third-order valence-corrected chi connectivity index (χ3v) is 2.67. The molecule has 2 rings (SSSR count). The van der Waals surface area contributed by atoms with Crippen LogP contribution in [0.5, 0.6) is 0 Å². The highest BCUT2D eigenvalue weighted by atomic mass is 16.5. The van der Waals surface area contributed by atoms with Crippen LogP contribution in [0.25, 0.3) is 0 Å². The van der Waals surface area contributed by atoms with Gasteiger partial charge in [-0.2, -0.15) is 0 Å². The number of hydrogen-bond acceptors (Lipinski definition) is 3. The van der Waals surface area contributed by atoms with Gasteiger partial charge in [-0.25, -0.2) is 0 Å². The number of aliphatic hydroxyl groups excluding tert-OH is 1. The van der Waals surface area contributed by atoms with E-state index in [2.05, 4.69) is 4.90 Å². The predicted molar refractivity (Wildman–Crippen MR) is 46.0 cm³/mol. The highest BCUT2D eigenvalue weighted by molar-refractivity contribution is 4.81. The number of likely N-dealkylation sites (tertiary alicyclic amines) is 1. The lowest BCUT2D eigenvalue weighted by Crippen LogP contribution is -2.53. The van der Waals surface area contributed by atoms with Gasteiger partial charge in [0.25, 0.3) is 0 Å². The Balaban J connectivity index is 1.65. The molecule has 0 spiro atoms. The second kappa shape index (κ2) is 3.73. The van der Waals surface area contributed by atoms with Crippen LogP contribution in [0.1, 0.15) is 19.3 Å². The molecule has 0 aromatic carbocycles. The predicted octanol–water partition coefficient (Wildman–Crippen LogP) is 0.232. The van der Waals surface area contributed by atoms with Crippen LogP contribution in [0.4, 0.5) is 0 Å². The Kier molecular flexibility index (Phi) is 2.63. The Hall–Kier alpha value is -0.120. The van der Waals surface area contributed by atoms with Crippen molar-refractivity contribution < 1.29 is 9.84 Å². The molecule has 2 fully saturated rings. The van der Waals surface area contributed by atoms with Crippen molar-refractivity contribution >= 4 is 0 Å². The minimum Gasteiger partial charge on any atom is -0.390 e. The van der Waals surface area contributed by atoms with E-state index in [1.807, 2.05) is 0 Å². The Morgan fingerprint density at radius 2 is 2.17 bits per heavy atom. The molecule has 0 amide bonds. The van der Waals surface area contributed by atoms with Gasteiger partial charge in [-0.15, -0.1) is 0 Å². The molecule has 2 heterocycles. The van der Waals surface area contributed by atoms with Gasteiger partial charge in [0.05, 0.1) is 12.2 Å². The quantitative estimate of drug-likeness (QED) is 0.645. The molecular weight excluding hydrogens is 154 g/mol. The Morgan fingerprint density at radius 1 is 1.33 bits per heavy atom. The number of nitrogens with zero attached hydrogens (tertiary/aromatic N) is 1. The van der Waals surface area contributed by atoms with Crippen LogP contribution in [0.3, 0.4) is 0 Å². The van der Waals surface area contributed by atoms with E-state index >= 15 is 0 Å². The van der Waals surface area contributed by atoms with Crippen molar-refractivity contribution in [2.75, 3.05) is 26.2 Å². The summed E-state index contributed by atoms with van der Waals surface area (Å²) in [6.45, 7) is 3.65. The minimum atomic E-state index is -0.0754. The number of ether oxygens (including phenoxy) is 1. The fourth-order valence-corrected chi connectivity index (χ4v) is 1.93. The highest BCUT2D eigenvalue weighted by Gasteiger charge is 2.27. The monoisotopic (exact) mass is 171 g/mol. The molecule has 1 unspecified atom stereocenters. The topological polar surface area (TPSA) is 32.7 Å². The summed E-state index contributed by atoms with van der Waals surface area (Å²) >= 11 is 0. The molecule has 70 valence electrons. The number of β-amino-alcohol motifs (C(OH)–C–C–N with tert-alkyl or cyclic N) is 1. The summed E-state index contributed by atoms with van der Waals surface area (Å²) in [6.07, 6.45) is 4.09. The van der Waals surface area contributed by atoms with Crippen molar-refractivity contribution in [3.63, 3.8) is 0 Å². The van der Waals surface area contributed by atoms with Gasteiger partial charge in [-0.1, -0.05) is 0 Å². The van der Waals surface area contributed by atoms with Crippen molar-refractivity contribution in [2.45, 2.75) is 31.5 Å². The van der Waals surface area contributed by atoms with Crippen LogP contribution in [0.15, 0.2) is 0 Å². The first-order chi connectivity index (χ1) is 5.84. The van der Waals surface area contributed by atoms with Crippen LogP contribution >= 0.6 is 0 Å². The molecule has 0 bridgehead atoms. The maximum absolute atomic E-state index is 9.07. The van der Waals surface area contributed by atoms with Gasteiger partial charge in [0, 0.05) is 26.2 Å². The van der Waals surface area contributed by atoms with Crippen LogP contribution in [-0.2, 0) is 4.74 Å². The lowest BCUT2D eigenvalue weighted by molar-refractivity contribution is -0.0547. The van der Waals surface area contributed by atoms with Gasteiger partial charge in [0.2, 0.25) is 0 Å². The van der Waals surface area contributed by atoms with Gasteiger partial charge in [-0.05, 0) is 19.3 Å². The van der Waals surface area contributed by atoms with Crippen LogP contribution < -0.4 is 0 Å². The van der Waals surface area contributed by atoms with E-state index in [1.165, 1.54) is 19.3 Å². The second-order valence-corrected chi connectivity index (χ2v) is 3.86. The molecule has 0 aromatic heterocycles. The fraction of sp³-hybridized carbons (Fsp3) is 1.00. The van der Waals surface area contributed by atoms with E-state index in [0.717, 1.165) is 26.2 Å². The Morgan fingerprint density at radius 3 is 2.75 bits per heavy atom. The first-order valence-electron chi connectivity index (χ1n) is 4.86. The molecule has 0 radical (unpaired) electrons. The first kappa shape index (κ1) is 8.48. The summed E-state index contributed by atoms with van der Waals surface area (Å²) in [7, 11) is 0. The second-order valence-electron chi connectivity index (χ2n) is 3.86. The zero-order chi connectivity index (χ0) is 8.39. The van der Waals surface area contributed by atoms with Gasteiger partial charge in [0.15, 0.2) is 0 Å². The van der Waals surface area contributed by atoms with Crippen molar-refractivity contribution in [1.82, 2.24) is 4.90 Å². The Labute approximate surface area is 73.3 Å². The molecule has 3 heteroatoms. The van der Waals surface area contributed by atoms with Crippen molar-refractivity contribution in [2.24, 2.45) is 0 Å². The van der Waals surface area contributed by atoms with E-state index in [9.17, 15) is 0 Å². The van der Waals surface area contributed by atoms with E-state index in [1.54, 1.807) is 0 Å². The van der Waals surface area contributed by atoms with Crippen molar-refractivity contribution in [3.05, 3.63) is 0 Å². The van der Waals surface area contributed by atoms with E-state index in [-0.39, 0.29) is 6.10 Å². The third kappa shape index (κ3) is 1.97. The van der Waals surface area contributed by atoms with Crippen LogP contribution in [0.2, 0.25) is 0 Å². The molecule has 0 aliphatic carbocycles. The zero-order valence-corrected chi connectivity index (χ0v) is 7.41. The first-order valence-corrected chi connectivity index (χ1v) is 4.86. The summed E-state index contributed by atoms with van der Waals surface area (Å²) in [6, 6.07) is 0. The zero-order valence-electron chi connectivity index (χ0n) is 7.41. The molecule has 3 nitrogen and oxygen atoms in total. The summed E-state index contributed by atoms with van der Waals surface area (Å²) in [4.78, 5) is 2.26. The molecular formula is C9H17NO2. The summed E-state index contributed by atoms with van der Waals surface area (Å²) in [5.74, 6) is 0. The van der Waals surface area contributed by atoms with E-state index in [0.29, 0.717) is 6.10 Å². The van der Waals surface area contributed by atoms with Gasteiger partial charge in [0.1, 0.15) is 0 Å². The molecule has 0 aromatic rings. The van der Waals surface area contributed by atoms with E-state index < -0.39 is 0 Å². The maximum atomic E-state index is 9.07. The number of aliphatic hydroxyl groups is 1. The summed E-state index contributed by atoms with van der Waals surface area (Å²) in [5, 5.41) is 9.07. The molecule has 2 aliphatic rings. The standard InChI is InChI=1S/C9H17NO2/c11-8-5-10(6-8)7-9-3-1-2-4-12-9/h8-9,11H,1-7H2. The molecule has 2 aliphatic heterocycles. The molecule has 0 saturated carbocycles. The molecule has 2 saturated heterocycles. The maximum Gasteiger partial charge on any atom is 0.0793 e. The van der Waals surface area contributed by atoms with Crippen molar-refractivity contribution in [3.8, 4) is 0 Å². The lowest BCUT2D eigenvalue weighted by Gasteiger charge is -2.38. The smallest absolute Gasteiger partial charge is 0.0793 e. The Bertz CT molecular complexity index is 139. The van der Waals surface area contributed by atoms with Gasteiger partial charge < -0.3 is 9.84 Å². The third-order valence-electron chi connectivity index (χ3n) is 2.67. The van der Waals surface area contributed by atoms with Crippen LogP contribution in [-0.4, -0.2) is 48.5 Å². The highest BCUT2D eigenvalue weighted by Crippen LogP contribution is 2.16. The lowest BCUT2D eigenvalue weighted by atomic mass is 10.1. The molecule has 1 atom stereocenters. The van der Waals surface area contributed by atoms with Gasteiger partial charge >= 0.3 is 0 Å². The summed E-state index contributed by atoms with van der Waals surface area (Å²) in [5.41, 5.74) is 0. The number of rotatable bonds is 2. The number of hydrogen-bond donors (Lipinski definition) is 1. The van der Waals surface area contributed by atoms with Crippen LogP contribution in [0, 0.1) is 0 Å². The SMILES string of the molecule is OC1CN(CC2CCCCO2)C1. The minimum absolute atomic E-state index is 0.0754. The average Bonchev–Trinajstić information content (AvgIpc) is 2.04. The fourth-order valence-electron chi connectivity index (χ4n) is 1.93. The molecule has 1 N–H and O–H groups in total. The molecule has 12 heavy (non-hydrogen) atoms. The van der Waals surface area contributed by atoms with Gasteiger partial charge in [-0.3, -0.25) is 4.90 Å². The van der Waals surface area contributed by atoms with E-state index in [4.69, 9.17) is 9.84 Å².